The highest BCUT2D eigenvalue weighted by atomic mass is 32.1. The summed E-state index contributed by atoms with van der Waals surface area (Å²) in [4.78, 5) is 6.87. The van der Waals surface area contributed by atoms with Crippen LogP contribution in [0.3, 0.4) is 0 Å². The smallest absolute Gasteiger partial charge is 0.127 e. The fourth-order valence-corrected chi connectivity index (χ4v) is 2.99. The average Bonchev–Trinajstić information content (AvgIpc) is 3.04. The van der Waals surface area contributed by atoms with Crippen molar-refractivity contribution in [1.82, 2.24) is 15.2 Å². The van der Waals surface area contributed by atoms with E-state index in [0.717, 1.165) is 36.9 Å². The Balaban J connectivity index is 1.91. The largest absolute Gasteiger partial charge is 0.467 e. The molecule has 3 rings (SSSR count). The van der Waals surface area contributed by atoms with Crippen molar-refractivity contribution in [3.8, 4) is 0 Å². The summed E-state index contributed by atoms with van der Waals surface area (Å²) >= 11 is 1.69. The van der Waals surface area contributed by atoms with Gasteiger partial charge < -0.3 is 9.73 Å². The lowest BCUT2D eigenvalue weighted by Crippen LogP contribution is -2.45. The Morgan fingerprint density at radius 2 is 2.29 bits per heavy atom. The van der Waals surface area contributed by atoms with Gasteiger partial charge in [-0.05, 0) is 12.1 Å². The first kappa shape index (κ1) is 11.0. The third-order valence-corrected chi connectivity index (χ3v) is 3.84. The summed E-state index contributed by atoms with van der Waals surface area (Å²) in [5.41, 5.74) is 0. The molecule has 17 heavy (non-hydrogen) atoms. The van der Waals surface area contributed by atoms with Crippen molar-refractivity contribution in [1.29, 1.82) is 0 Å². The van der Waals surface area contributed by atoms with Crippen LogP contribution >= 0.6 is 11.3 Å². The lowest BCUT2D eigenvalue weighted by molar-refractivity contribution is 0.180. The summed E-state index contributed by atoms with van der Waals surface area (Å²) < 4.78 is 5.58. The summed E-state index contributed by atoms with van der Waals surface area (Å²) in [6, 6.07) is 4.15. The molecule has 1 atom stereocenters. The molecule has 1 aliphatic heterocycles. The quantitative estimate of drug-likeness (QED) is 0.899. The summed E-state index contributed by atoms with van der Waals surface area (Å²) in [6.07, 6.45) is 3.59. The van der Waals surface area contributed by atoms with Crippen LogP contribution in [0.5, 0.6) is 0 Å². The summed E-state index contributed by atoms with van der Waals surface area (Å²) in [7, 11) is 0. The number of hydrogen-bond donors (Lipinski definition) is 1. The van der Waals surface area contributed by atoms with Crippen molar-refractivity contribution in [2.75, 3.05) is 26.2 Å². The van der Waals surface area contributed by atoms with E-state index < -0.39 is 0 Å². The van der Waals surface area contributed by atoms with E-state index in [1.807, 2.05) is 23.7 Å². The van der Waals surface area contributed by atoms with Gasteiger partial charge in [0.2, 0.25) is 0 Å². The second kappa shape index (κ2) is 5.00. The van der Waals surface area contributed by atoms with Crippen LogP contribution in [0.25, 0.3) is 0 Å². The molecule has 1 N–H and O–H groups in total. The zero-order valence-corrected chi connectivity index (χ0v) is 10.3. The molecular weight excluding hydrogens is 234 g/mol. The Hall–Kier alpha value is -1.17. The predicted octanol–water partition coefficient (Wildman–Crippen LogP) is 1.73. The van der Waals surface area contributed by atoms with Crippen LogP contribution in [0.2, 0.25) is 0 Å². The molecule has 1 aliphatic rings. The number of rotatable bonds is 3. The lowest BCUT2D eigenvalue weighted by Gasteiger charge is -2.32. The van der Waals surface area contributed by atoms with Gasteiger partial charge in [-0.1, -0.05) is 0 Å². The number of aromatic nitrogens is 1. The number of thiazole rings is 1. The van der Waals surface area contributed by atoms with Gasteiger partial charge in [-0.25, -0.2) is 4.98 Å². The molecule has 0 amide bonds. The predicted molar refractivity (Wildman–Crippen MR) is 67.1 cm³/mol. The maximum atomic E-state index is 5.58. The first-order chi connectivity index (χ1) is 8.45. The molecule has 0 spiro atoms. The Bertz CT molecular complexity index is 400. The minimum absolute atomic E-state index is 0.173. The van der Waals surface area contributed by atoms with Gasteiger partial charge in [0.25, 0.3) is 0 Å². The van der Waals surface area contributed by atoms with Crippen molar-refractivity contribution in [3.63, 3.8) is 0 Å². The highest BCUT2D eigenvalue weighted by Crippen LogP contribution is 2.30. The standard InChI is InChI=1S/C12H15N3OS/c1-2-10(16-8-1)11(12-14-5-9-17-12)15-6-3-13-4-7-15/h1-2,5,8-9,11,13H,3-4,6-7H2. The van der Waals surface area contributed by atoms with E-state index in [-0.39, 0.29) is 6.04 Å². The van der Waals surface area contributed by atoms with Gasteiger partial charge in [-0.15, -0.1) is 11.3 Å². The van der Waals surface area contributed by atoms with Crippen molar-refractivity contribution in [2.45, 2.75) is 6.04 Å². The first-order valence-corrected chi connectivity index (χ1v) is 6.70. The van der Waals surface area contributed by atoms with Gasteiger partial charge in [0.15, 0.2) is 0 Å². The van der Waals surface area contributed by atoms with Crippen LogP contribution in [0, 0.1) is 0 Å². The van der Waals surface area contributed by atoms with Gasteiger partial charge in [0.1, 0.15) is 16.8 Å². The van der Waals surface area contributed by atoms with Crippen molar-refractivity contribution >= 4 is 11.3 Å². The Morgan fingerprint density at radius 1 is 1.41 bits per heavy atom. The van der Waals surface area contributed by atoms with Crippen LogP contribution in [-0.4, -0.2) is 36.1 Å². The lowest BCUT2D eigenvalue weighted by atomic mass is 10.1. The first-order valence-electron chi connectivity index (χ1n) is 5.83. The van der Waals surface area contributed by atoms with Crippen LogP contribution in [0.4, 0.5) is 0 Å². The van der Waals surface area contributed by atoms with E-state index in [0.29, 0.717) is 0 Å². The summed E-state index contributed by atoms with van der Waals surface area (Å²) in [6.45, 7) is 4.13. The molecule has 5 heteroatoms. The number of nitrogens with zero attached hydrogens (tertiary/aromatic N) is 2. The summed E-state index contributed by atoms with van der Waals surface area (Å²) in [5.74, 6) is 0.988. The number of piperazine rings is 1. The van der Waals surface area contributed by atoms with Crippen LogP contribution in [0.1, 0.15) is 16.8 Å². The van der Waals surface area contributed by atoms with Crippen molar-refractivity contribution < 1.29 is 4.42 Å². The zero-order chi connectivity index (χ0) is 11.5. The molecular formula is C12H15N3OS. The Morgan fingerprint density at radius 3 is 2.94 bits per heavy atom. The van der Waals surface area contributed by atoms with Gasteiger partial charge in [0, 0.05) is 37.8 Å². The van der Waals surface area contributed by atoms with Crippen LogP contribution in [-0.2, 0) is 0 Å². The number of hydrogen-bond acceptors (Lipinski definition) is 5. The van der Waals surface area contributed by atoms with E-state index in [1.54, 1.807) is 17.6 Å². The molecule has 0 aromatic carbocycles. The van der Waals surface area contributed by atoms with E-state index in [2.05, 4.69) is 15.2 Å². The molecule has 2 aromatic rings. The minimum Gasteiger partial charge on any atom is -0.467 e. The highest BCUT2D eigenvalue weighted by molar-refractivity contribution is 7.09. The monoisotopic (exact) mass is 249 g/mol. The second-order valence-corrected chi connectivity index (χ2v) is 5.00. The van der Waals surface area contributed by atoms with Gasteiger partial charge in [0.05, 0.1) is 6.26 Å². The molecule has 0 radical (unpaired) electrons. The topological polar surface area (TPSA) is 41.3 Å². The maximum Gasteiger partial charge on any atom is 0.127 e. The minimum atomic E-state index is 0.173. The van der Waals surface area contributed by atoms with Crippen LogP contribution < -0.4 is 5.32 Å². The fraction of sp³-hybridized carbons (Fsp3) is 0.417. The molecule has 1 fully saturated rings. The Kier molecular flexibility index (Phi) is 3.22. The van der Waals surface area contributed by atoms with Gasteiger partial charge in [-0.3, -0.25) is 4.90 Å². The van der Waals surface area contributed by atoms with E-state index in [1.165, 1.54) is 0 Å². The second-order valence-electron chi connectivity index (χ2n) is 4.07. The van der Waals surface area contributed by atoms with E-state index in [4.69, 9.17) is 4.42 Å². The third kappa shape index (κ3) is 2.26. The maximum absolute atomic E-state index is 5.58. The van der Waals surface area contributed by atoms with Crippen molar-refractivity contribution in [2.24, 2.45) is 0 Å². The van der Waals surface area contributed by atoms with Gasteiger partial charge >= 0.3 is 0 Å². The molecule has 0 bridgehead atoms. The van der Waals surface area contributed by atoms with E-state index >= 15 is 0 Å². The molecule has 0 saturated carbocycles. The molecule has 4 nitrogen and oxygen atoms in total. The van der Waals surface area contributed by atoms with Crippen LogP contribution in [0.15, 0.2) is 34.4 Å². The number of furan rings is 1. The fourth-order valence-electron chi connectivity index (χ4n) is 2.21. The zero-order valence-electron chi connectivity index (χ0n) is 9.50. The molecule has 90 valence electrons. The van der Waals surface area contributed by atoms with E-state index in [9.17, 15) is 0 Å². The SMILES string of the molecule is c1coc(C(c2nccs2)N2CCNCC2)c1. The normalized spacial score (nSPS) is 19.3. The average molecular weight is 249 g/mol. The molecule has 3 heterocycles. The van der Waals surface area contributed by atoms with Gasteiger partial charge in [-0.2, -0.15) is 0 Å². The Labute approximate surface area is 104 Å². The third-order valence-electron chi connectivity index (χ3n) is 3.01. The summed E-state index contributed by atoms with van der Waals surface area (Å²) in [5, 5.41) is 6.51. The molecule has 0 aliphatic carbocycles. The highest BCUT2D eigenvalue weighted by Gasteiger charge is 2.27. The molecule has 2 aromatic heterocycles. The van der Waals surface area contributed by atoms with Crippen molar-refractivity contribution in [3.05, 3.63) is 40.7 Å². The number of nitrogens with one attached hydrogen (secondary N) is 1. The molecule has 1 unspecified atom stereocenters. The molecule has 1 saturated heterocycles.